The standard InChI is InChI=1S/C18H24ClN3O2S/c1-5-12(4)20-16(23)10-25-18-21-15-7-6-13(19)8-14(15)17(24)22(18)9-11(2)3/h6-8,11-12H,5,9-10H2,1-4H3,(H,20,23). The number of amides is 1. The van der Waals surface area contributed by atoms with Gasteiger partial charge in [-0.2, -0.15) is 0 Å². The lowest BCUT2D eigenvalue weighted by Crippen LogP contribution is -2.33. The number of carbonyl (C=O) groups is 1. The molecule has 1 heterocycles. The smallest absolute Gasteiger partial charge is 0.262 e. The first-order valence-electron chi connectivity index (χ1n) is 8.44. The summed E-state index contributed by atoms with van der Waals surface area (Å²) in [6.45, 7) is 8.62. The van der Waals surface area contributed by atoms with E-state index >= 15 is 0 Å². The van der Waals surface area contributed by atoms with Crippen LogP contribution in [0, 0.1) is 5.92 Å². The Bertz CT molecular complexity index is 820. The normalized spacial score (nSPS) is 12.6. The number of benzene rings is 1. The number of nitrogens with one attached hydrogen (secondary N) is 1. The molecule has 1 aromatic carbocycles. The lowest BCUT2D eigenvalue weighted by atomic mass is 10.2. The largest absolute Gasteiger partial charge is 0.353 e. The van der Waals surface area contributed by atoms with Crippen LogP contribution in [0.5, 0.6) is 0 Å². The van der Waals surface area contributed by atoms with Crippen molar-refractivity contribution in [2.75, 3.05) is 5.75 Å². The Hall–Kier alpha value is -1.53. The number of carbonyl (C=O) groups excluding carboxylic acids is 1. The zero-order valence-corrected chi connectivity index (χ0v) is 16.6. The molecule has 5 nitrogen and oxygen atoms in total. The molecular weight excluding hydrogens is 358 g/mol. The number of nitrogens with zero attached hydrogens (tertiary/aromatic N) is 2. The first-order chi connectivity index (χ1) is 11.8. The third kappa shape index (κ3) is 5.22. The van der Waals surface area contributed by atoms with Crippen LogP contribution < -0.4 is 10.9 Å². The van der Waals surface area contributed by atoms with Crippen LogP contribution in [0.25, 0.3) is 10.9 Å². The van der Waals surface area contributed by atoms with Gasteiger partial charge >= 0.3 is 0 Å². The second-order valence-corrected chi connectivity index (χ2v) is 7.91. The summed E-state index contributed by atoms with van der Waals surface area (Å²) in [5, 5.41) is 4.50. The highest BCUT2D eigenvalue weighted by molar-refractivity contribution is 7.99. The van der Waals surface area contributed by atoms with Crippen LogP contribution in [-0.2, 0) is 11.3 Å². The van der Waals surface area contributed by atoms with Gasteiger partial charge in [-0.3, -0.25) is 14.2 Å². The van der Waals surface area contributed by atoms with Crippen LogP contribution in [0.3, 0.4) is 0 Å². The molecule has 0 spiro atoms. The minimum atomic E-state index is -0.119. The maximum absolute atomic E-state index is 12.9. The van der Waals surface area contributed by atoms with Gasteiger partial charge in [0, 0.05) is 17.6 Å². The molecule has 0 radical (unpaired) electrons. The molecule has 0 aliphatic carbocycles. The molecule has 1 aromatic heterocycles. The zero-order chi connectivity index (χ0) is 18.6. The van der Waals surface area contributed by atoms with Crippen LogP contribution >= 0.6 is 23.4 Å². The van der Waals surface area contributed by atoms with E-state index in [4.69, 9.17) is 11.6 Å². The van der Waals surface area contributed by atoms with Crippen molar-refractivity contribution in [3.63, 3.8) is 0 Å². The van der Waals surface area contributed by atoms with Crippen molar-refractivity contribution < 1.29 is 4.79 Å². The van der Waals surface area contributed by atoms with Crippen LogP contribution in [0.1, 0.15) is 34.1 Å². The van der Waals surface area contributed by atoms with Crippen molar-refractivity contribution in [3.05, 3.63) is 33.6 Å². The lowest BCUT2D eigenvalue weighted by molar-refractivity contribution is -0.119. The molecule has 1 atom stereocenters. The van der Waals surface area contributed by atoms with E-state index in [1.807, 2.05) is 27.7 Å². The third-order valence-corrected chi connectivity index (χ3v) is 4.99. The number of aromatic nitrogens is 2. The van der Waals surface area contributed by atoms with Crippen LogP contribution in [-0.4, -0.2) is 27.3 Å². The van der Waals surface area contributed by atoms with E-state index in [9.17, 15) is 9.59 Å². The van der Waals surface area contributed by atoms with Gasteiger partial charge in [0.25, 0.3) is 5.56 Å². The summed E-state index contributed by atoms with van der Waals surface area (Å²) in [6, 6.07) is 5.24. The van der Waals surface area contributed by atoms with Gasteiger partial charge in [-0.1, -0.05) is 44.1 Å². The number of hydrogen-bond donors (Lipinski definition) is 1. The van der Waals surface area contributed by atoms with Crippen molar-refractivity contribution >= 4 is 40.2 Å². The van der Waals surface area contributed by atoms with Crippen molar-refractivity contribution in [1.29, 1.82) is 0 Å². The fourth-order valence-electron chi connectivity index (χ4n) is 2.36. The Kier molecular flexibility index (Phi) is 6.90. The Morgan fingerprint density at radius 2 is 2.08 bits per heavy atom. The minimum absolute atomic E-state index is 0.0547. The summed E-state index contributed by atoms with van der Waals surface area (Å²) >= 11 is 7.31. The summed E-state index contributed by atoms with van der Waals surface area (Å²) in [6.07, 6.45) is 0.878. The SMILES string of the molecule is CCC(C)NC(=O)CSc1nc2ccc(Cl)cc2c(=O)n1CC(C)C. The minimum Gasteiger partial charge on any atom is -0.353 e. The molecular formula is C18H24ClN3O2S. The summed E-state index contributed by atoms with van der Waals surface area (Å²) in [5.74, 6) is 0.457. The van der Waals surface area contributed by atoms with E-state index in [0.29, 0.717) is 27.6 Å². The highest BCUT2D eigenvalue weighted by Crippen LogP contribution is 2.21. The molecule has 136 valence electrons. The Labute approximate surface area is 157 Å². The van der Waals surface area contributed by atoms with Gasteiger partial charge in [0.2, 0.25) is 5.91 Å². The fraction of sp³-hybridized carbons (Fsp3) is 0.500. The topological polar surface area (TPSA) is 64.0 Å². The van der Waals surface area contributed by atoms with E-state index in [0.717, 1.165) is 6.42 Å². The first-order valence-corrected chi connectivity index (χ1v) is 9.80. The average molecular weight is 382 g/mol. The maximum Gasteiger partial charge on any atom is 0.262 e. The molecule has 0 aliphatic rings. The second-order valence-electron chi connectivity index (χ2n) is 6.53. The average Bonchev–Trinajstić information content (AvgIpc) is 2.56. The zero-order valence-electron chi connectivity index (χ0n) is 15.0. The lowest BCUT2D eigenvalue weighted by Gasteiger charge is -2.15. The highest BCUT2D eigenvalue weighted by atomic mass is 35.5. The molecule has 1 N–H and O–H groups in total. The molecule has 2 aromatic rings. The summed E-state index contributed by atoms with van der Waals surface area (Å²) in [5.41, 5.74) is 0.477. The van der Waals surface area contributed by atoms with Crippen molar-refractivity contribution in [1.82, 2.24) is 14.9 Å². The predicted octanol–water partition coefficient (Wildman–Crippen LogP) is 3.71. The first kappa shape index (κ1) is 19.8. The third-order valence-electron chi connectivity index (χ3n) is 3.78. The summed E-state index contributed by atoms with van der Waals surface area (Å²) in [4.78, 5) is 29.5. The molecule has 0 aliphatic heterocycles. The molecule has 0 bridgehead atoms. The van der Waals surface area contributed by atoms with Crippen LogP contribution in [0.15, 0.2) is 28.2 Å². The summed E-state index contributed by atoms with van der Waals surface area (Å²) in [7, 11) is 0. The Morgan fingerprint density at radius 3 is 2.72 bits per heavy atom. The number of halogens is 1. The molecule has 1 amide bonds. The molecule has 0 fully saturated rings. The number of rotatable bonds is 7. The Balaban J connectivity index is 2.35. The molecule has 0 saturated heterocycles. The number of hydrogen-bond acceptors (Lipinski definition) is 4. The predicted molar refractivity (Wildman–Crippen MR) is 104 cm³/mol. The van der Waals surface area contributed by atoms with Crippen molar-refractivity contribution in [2.24, 2.45) is 5.92 Å². The summed E-state index contributed by atoms with van der Waals surface area (Å²) < 4.78 is 1.64. The maximum atomic E-state index is 12.9. The van der Waals surface area contributed by atoms with Gasteiger partial charge in [0.15, 0.2) is 5.16 Å². The van der Waals surface area contributed by atoms with Crippen molar-refractivity contribution in [3.8, 4) is 0 Å². The van der Waals surface area contributed by atoms with Gasteiger partial charge in [0.1, 0.15) is 0 Å². The molecule has 0 saturated carbocycles. The number of thioether (sulfide) groups is 1. The van der Waals surface area contributed by atoms with Gasteiger partial charge < -0.3 is 5.32 Å². The van der Waals surface area contributed by atoms with Crippen molar-refractivity contribution in [2.45, 2.75) is 51.9 Å². The van der Waals surface area contributed by atoms with Crippen LogP contribution in [0.2, 0.25) is 5.02 Å². The van der Waals surface area contributed by atoms with E-state index in [1.165, 1.54) is 11.8 Å². The van der Waals surface area contributed by atoms with Crippen LogP contribution in [0.4, 0.5) is 0 Å². The van der Waals surface area contributed by atoms with E-state index in [1.54, 1.807) is 22.8 Å². The highest BCUT2D eigenvalue weighted by Gasteiger charge is 2.15. The number of fused-ring (bicyclic) bond motifs is 1. The quantitative estimate of drug-likeness (QED) is 0.586. The Morgan fingerprint density at radius 1 is 1.36 bits per heavy atom. The molecule has 25 heavy (non-hydrogen) atoms. The van der Waals surface area contributed by atoms with Gasteiger partial charge in [-0.15, -0.1) is 0 Å². The van der Waals surface area contributed by atoms with E-state index in [-0.39, 0.29) is 29.2 Å². The molecule has 1 unspecified atom stereocenters. The van der Waals surface area contributed by atoms with Gasteiger partial charge in [-0.25, -0.2) is 4.98 Å². The monoisotopic (exact) mass is 381 g/mol. The van der Waals surface area contributed by atoms with Gasteiger partial charge in [0.05, 0.1) is 16.7 Å². The molecule has 7 heteroatoms. The molecule has 2 rings (SSSR count). The van der Waals surface area contributed by atoms with E-state index < -0.39 is 0 Å². The van der Waals surface area contributed by atoms with E-state index in [2.05, 4.69) is 10.3 Å². The second kappa shape index (κ2) is 8.72. The van der Waals surface area contributed by atoms with Gasteiger partial charge in [-0.05, 0) is 37.5 Å². The fourth-order valence-corrected chi connectivity index (χ4v) is 3.35.